The molecule has 0 radical (unpaired) electrons. The number of anilines is 1. The molecule has 2 heterocycles. The van der Waals surface area contributed by atoms with Gasteiger partial charge in [0.1, 0.15) is 6.33 Å². The van der Waals surface area contributed by atoms with Crippen LogP contribution in [0.15, 0.2) is 24.5 Å². The number of benzene rings is 1. The first-order valence-electron chi connectivity index (χ1n) is 7.56. The van der Waals surface area contributed by atoms with Gasteiger partial charge in [-0.1, -0.05) is 6.07 Å². The second kappa shape index (κ2) is 6.22. The summed E-state index contributed by atoms with van der Waals surface area (Å²) in [5, 5.41) is 18.5. The molecule has 1 aromatic heterocycles. The molecule has 112 valence electrons. The molecule has 6 nitrogen and oxygen atoms in total. The molecule has 1 fully saturated rings. The number of nitrogens with zero attached hydrogens (tertiary/aromatic N) is 4. The highest BCUT2D eigenvalue weighted by Crippen LogP contribution is 2.21. The quantitative estimate of drug-likeness (QED) is 0.879. The lowest BCUT2D eigenvalue weighted by Crippen LogP contribution is -2.29. The molecule has 1 saturated heterocycles. The van der Waals surface area contributed by atoms with Crippen LogP contribution in [0, 0.1) is 6.92 Å². The van der Waals surface area contributed by atoms with Crippen molar-refractivity contribution in [2.45, 2.75) is 45.2 Å². The monoisotopic (exact) mass is 286 g/mol. The lowest BCUT2D eigenvalue weighted by Gasteiger charge is -2.21. The minimum atomic E-state index is 0.434. The Labute approximate surface area is 124 Å². The van der Waals surface area contributed by atoms with E-state index in [0.717, 1.165) is 24.3 Å². The first-order valence-corrected chi connectivity index (χ1v) is 7.56. The molecule has 3 rings (SSSR count). The van der Waals surface area contributed by atoms with E-state index >= 15 is 0 Å². The maximum Gasteiger partial charge on any atom is 0.143 e. The zero-order valence-corrected chi connectivity index (χ0v) is 12.6. The maximum absolute atomic E-state index is 3.94. The molecule has 2 N–H and O–H groups in total. The highest BCUT2D eigenvalue weighted by molar-refractivity contribution is 5.56. The van der Waals surface area contributed by atoms with E-state index in [1.165, 1.54) is 18.4 Å². The number of hydrogen-bond donors (Lipinski definition) is 2. The van der Waals surface area contributed by atoms with Crippen LogP contribution in [0.5, 0.6) is 0 Å². The van der Waals surface area contributed by atoms with E-state index in [1.807, 2.05) is 6.07 Å². The van der Waals surface area contributed by atoms with Crippen molar-refractivity contribution >= 4 is 5.69 Å². The third-order valence-corrected chi connectivity index (χ3v) is 4.04. The zero-order chi connectivity index (χ0) is 14.7. The van der Waals surface area contributed by atoms with Gasteiger partial charge in [-0.25, -0.2) is 4.68 Å². The van der Waals surface area contributed by atoms with Crippen LogP contribution >= 0.6 is 0 Å². The predicted octanol–water partition coefficient (Wildman–Crippen LogP) is 1.91. The minimum absolute atomic E-state index is 0.434. The molecule has 1 aromatic carbocycles. The Hall–Kier alpha value is -1.95. The molecule has 1 aliphatic rings. The van der Waals surface area contributed by atoms with E-state index in [9.17, 15) is 0 Å². The van der Waals surface area contributed by atoms with E-state index in [-0.39, 0.29) is 0 Å². The summed E-state index contributed by atoms with van der Waals surface area (Å²) >= 11 is 0. The van der Waals surface area contributed by atoms with Gasteiger partial charge in [-0.3, -0.25) is 0 Å². The molecule has 0 amide bonds. The number of aryl methyl sites for hydroxylation is 1. The van der Waals surface area contributed by atoms with Gasteiger partial charge in [0.2, 0.25) is 0 Å². The molecule has 2 atom stereocenters. The zero-order valence-electron chi connectivity index (χ0n) is 12.6. The molecule has 0 saturated carbocycles. The van der Waals surface area contributed by atoms with E-state index in [1.54, 1.807) is 11.0 Å². The fraction of sp³-hybridized carbons (Fsp3) is 0.533. The number of tetrazole rings is 1. The van der Waals surface area contributed by atoms with Gasteiger partial charge in [0, 0.05) is 17.8 Å². The van der Waals surface area contributed by atoms with Gasteiger partial charge in [0.05, 0.1) is 5.69 Å². The van der Waals surface area contributed by atoms with Crippen LogP contribution < -0.4 is 10.6 Å². The first-order chi connectivity index (χ1) is 10.2. The Balaban J connectivity index is 1.70. The van der Waals surface area contributed by atoms with Crippen LogP contribution in [0.1, 0.15) is 31.7 Å². The number of nitrogens with one attached hydrogen (secondary N) is 2. The molecule has 2 unspecified atom stereocenters. The van der Waals surface area contributed by atoms with Gasteiger partial charge in [0.25, 0.3) is 0 Å². The molecule has 0 spiro atoms. The summed E-state index contributed by atoms with van der Waals surface area (Å²) in [6, 6.07) is 7.31. The van der Waals surface area contributed by atoms with Gasteiger partial charge in [0.15, 0.2) is 0 Å². The van der Waals surface area contributed by atoms with E-state index in [4.69, 9.17) is 0 Å². The van der Waals surface area contributed by atoms with Crippen molar-refractivity contribution in [3.05, 3.63) is 30.1 Å². The highest BCUT2D eigenvalue weighted by atomic mass is 15.5. The van der Waals surface area contributed by atoms with Crippen molar-refractivity contribution in [1.29, 1.82) is 0 Å². The van der Waals surface area contributed by atoms with Crippen molar-refractivity contribution in [2.75, 3.05) is 11.9 Å². The Morgan fingerprint density at radius 2 is 2.38 bits per heavy atom. The molecule has 0 aliphatic carbocycles. The highest BCUT2D eigenvalue weighted by Gasteiger charge is 2.17. The lowest BCUT2D eigenvalue weighted by molar-refractivity contribution is 0.523. The van der Waals surface area contributed by atoms with Crippen LogP contribution in [0.25, 0.3) is 5.69 Å². The average molecular weight is 286 g/mol. The molecular weight excluding hydrogens is 264 g/mol. The summed E-state index contributed by atoms with van der Waals surface area (Å²) in [5.41, 5.74) is 3.35. The van der Waals surface area contributed by atoms with Gasteiger partial charge in [-0.05, 0) is 67.8 Å². The minimum Gasteiger partial charge on any atom is -0.382 e. The van der Waals surface area contributed by atoms with Gasteiger partial charge in [-0.2, -0.15) is 0 Å². The Bertz CT molecular complexity index is 574. The summed E-state index contributed by atoms with van der Waals surface area (Å²) in [5.74, 6) is 0. The molecule has 1 aliphatic heterocycles. The normalized spacial score (nSPS) is 19.6. The van der Waals surface area contributed by atoms with E-state index in [2.05, 4.69) is 52.1 Å². The van der Waals surface area contributed by atoms with E-state index < -0.39 is 0 Å². The van der Waals surface area contributed by atoms with Crippen LogP contribution in [0.3, 0.4) is 0 Å². The van der Waals surface area contributed by atoms with Gasteiger partial charge in [-0.15, -0.1) is 5.10 Å². The fourth-order valence-corrected chi connectivity index (χ4v) is 2.90. The Kier molecular flexibility index (Phi) is 4.15. The second-order valence-corrected chi connectivity index (χ2v) is 5.83. The smallest absolute Gasteiger partial charge is 0.143 e. The fourth-order valence-electron chi connectivity index (χ4n) is 2.90. The third kappa shape index (κ3) is 3.39. The summed E-state index contributed by atoms with van der Waals surface area (Å²) in [7, 11) is 0. The molecule has 0 bridgehead atoms. The molecule has 21 heavy (non-hydrogen) atoms. The largest absolute Gasteiger partial charge is 0.382 e. The lowest BCUT2D eigenvalue weighted by atomic mass is 10.1. The molecular formula is C15H22N6. The second-order valence-electron chi connectivity index (χ2n) is 5.83. The third-order valence-electron chi connectivity index (χ3n) is 4.04. The predicted molar refractivity (Wildman–Crippen MR) is 82.6 cm³/mol. The van der Waals surface area contributed by atoms with E-state index in [0.29, 0.717) is 12.1 Å². The number of hydrogen-bond acceptors (Lipinski definition) is 5. The summed E-state index contributed by atoms with van der Waals surface area (Å²) < 4.78 is 1.67. The Morgan fingerprint density at radius 1 is 1.48 bits per heavy atom. The first kappa shape index (κ1) is 14.0. The van der Waals surface area contributed by atoms with Crippen molar-refractivity contribution in [2.24, 2.45) is 0 Å². The van der Waals surface area contributed by atoms with Gasteiger partial charge >= 0.3 is 0 Å². The number of aromatic nitrogens is 4. The Morgan fingerprint density at radius 3 is 3.10 bits per heavy atom. The summed E-state index contributed by atoms with van der Waals surface area (Å²) in [6.07, 6.45) is 5.34. The maximum atomic E-state index is 3.94. The van der Waals surface area contributed by atoms with Crippen molar-refractivity contribution in [3.8, 4) is 5.69 Å². The van der Waals surface area contributed by atoms with Crippen LogP contribution in [-0.2, 0) is 0 Å². The van der Waals surface area contributed by atoms with Crippen LogP contribution in [0.2, 0.25) is 0 Å². The van der Waals surface area contributed by atoms with Crippen molar-refractivity contribution in [3.63, 3.8) is 0 Å². The molecule has 2 aromatic rings. The van der Waals surface area contributed by atoms with Crippen molar-refractivity contribution < 1.29 is 0 Å². The van der Waals surface area contributed by atoms with Crippen LogP contribution in [0.4, 0.5) is 5.69 Å². The topological polar surface area (TPSA) is 67.7 Å². The van der Waals surface area contributed by atoms with Crippen LogP contribution in [-0.4, -0.2) is 38.8 Å². The SMILES string of the molecule is Cc1ccc(-n2cnnn2)cc1NC(C)CC1CCCN1. The van der Waals surface area contributed by atoms with Gasteiger partial charge < -0.3 is 10.6 Å². The average Bonchev–Trinajstić information content (AvgIpc) is 3.14. The summed E-state index contributed by atoms with van der Waals surface area (Å²) in [6.45, 7) is 5.51. The standard InChI is InChI=1S/C15H22N6/c1-11-5-6-14(21-10-17-19-20-21)9-15(11)18-12(2)8-13-4-3-7-16-13/h5-6,9-10,12-13,16,18H,3-4,7-8H2,1-2H3. The molecule has 6 heteroatoms. The van der Waals surface area contributed by atoms with Crippen molar-refractivity contribution in [1.82, 2.24) is 25.5 Å². The summed E-state index contributed by atoms with van der Waals surface area (Å²) in [4.78, 5) is 0. The number of rotatable bonds is 5.